The van der Waals surface area contributed by atoms with Crippen molar-refractivity contribution in [2.24, 2.45) is 4.99 Å². The second-order valence-corrected chi connectivity index (χ2v) is 6.04. The van der Waals surface area contributed by atoms with Gasteiger partial charge in [-0.05, 0) is 28.8 Å². The molecule has 0 atom stereocenters. The maximum Gasteiger partial charge on any atom is 0.191 e. The van der Waals surface area contributed by atoms with Crippen LogP contribution in [0, 0.1) is 0 Å². The molecule has 0 aliphatic rings. The molecule has 2 heterocycles. The first-order valence-electron chi connectivity index (χ1n) is 6.70. The molecule has 0 bridgehead atoms. The van der Waals surface area contributed by atoms with Gasteiger partial charge in [-0.2, -0.15) is 11.3 Å². The van der Waals surface area contributed by atoms with E-state index in [0.717, 1.165) is 37.6 Å². The predicted molar refractivity (Wildman–Crippen MR) is 87.7 cm³/mol. The molecule has 0 saturated heterocycles. The van der Waals surface area contributed by atoms with E-state index in [-0.39, 0.29) is 0 Å². The standard InChI is InChI=1S/C14H20N4S2/c1-3-13-18-12(10-20-13)4-6-16-14(15-2)17-8-11-5-7-19-9-11/h5,7,9-10H,3-4,6,8H2,1-2H3,(H2,15,16,17). The fraction of sp³-hybridized carbons (Fsp3) is 0.429. The zero-order valence-electron chi connectivity index (χ0n) is 11.8. The van der Waals surface area contributed by atoms with Gasteiger partial charge in [-0.1, -0.05) is 6.92 Å². The molecule has 0 amide bonds. The number of aryl methyl sites for hydroxylation is 1. The predicted octanol–water partition coefficient (Wildman–Crippen LogP) is 2.67. The Bertz CT molecular complexity index is 531. The first-order valence-corrected chi connectivity index (χ1v) is 8.53. The molecule has 4 nitrogen and oxygen atoms in total. The van der Waals surface area contributed by atoms with E-state index in [1.807, 2.05) is 0 Å². The van der Waals surface area contributed by atoms with Crippen molar-refractivity contribution >= 4 is 28.6 Å². The van der Waals surface area contributed by atoms with Crippen molar-refractivity contribution in [2.75, 3.05) is 13.6 Å². The van der Waals surface area contributed by atoms with E-state index >= 15 is 0 Å². The van der Waals surface area contributed by atoms with Crippen LogP contribution < -0.4 is 10.6 Å². The van der Waals surface area contributed by atoms with Crippen LogP contribution in [-0.2, 0) is 19.4 Å². The molecule has 20 heavy (non-hydrogen) atoms. The summed E-state index contributed by atoms with van der Waals surface area (Å²) in [6.45, 7) is 3.78. The molecule has 0 aliphatic carbocycles. The molecular weight excluding hydrogens is 288 g/mol. The molecule has 6 heteroatoms. The van der Waals surface area contributed by atoms with E-state index in [2.05, 4.69) is 49.7 Å². The summed E-state index contributed by atoms with van der Waals surface area (Å²) in [5.41, 5.74) is 2.44. The topological polar surface area (TPSA) is 49.3 Å². The van der Waals surface area contributed by atoms with E-state index in [1.165, 1.54) is 10.6 Å². The van der Waals surface area contributed by atoms with Crippen molar-refractivity contribution in [2.45, 2.75) is 26.3 Å². The Morgan fingerprint density at radius 3 is 2.90 bits per heavy atom. The average molecular weight is 308 g/mol. The zero-order valence-corrected chi connectivity index (χ0v) is 13.5. The van der Waals surface area contributed by atoms with Crippen molar-refractivity contribution in [3.8, 4) is 0 Å². The quantitative estimate of drug-likeness (QED) is 0.637. The van der Waals surface area contributed by atoms with Crippen molar-refractivity contribution in [1.29, 1.82) is 0 Å². The third-order valence-corrected chi connectivity index (χ3v) is 4.61. The minimum absolute atomic E-state index is 0.805. The highest BCUT2D eigenvalue weighted by Gasteiger charge is 2.02. The van der Waals surface area contributed by atoms with Gasteiger partial charge in [0.15, 0.2) is 5.96 Å². The number of aromatic nitrogens is 1. The van der Waals surface area contributed by atoms with Gasteiger partial charge in [0.05, 0.1) is 10.7 Å². The summed E-state index contributed by atoms with van der Waals surface area (Å²) in [5.74, 6) is 0.835. The molecule has 2 aromatic heterocycles. The minimum atomic E-state index is 0.805. The number of thiophene rings is 1. The largest absolute Gasteiger partial charge is 0.356 e. The van der Waals surface area contributed by atoms with Gasteiger partial charge in [0.2, 0.25) is 0 Å². The lowest BCUT2D eigenvalue weighted by Gasteiger charge is -2.10. The van der Waals surface area contributed by atoms with E-state index in [0.29, 0.717) is 0 Å². The number of aliphatic imine (C=N–C) groups is 1. The SMILES string of the molecule is CCc1nc(CCNC(=NC)NCc2ccsc2)cs1. The highest BCUT2D eigenvalue weighted by atomic mass is 32.1. The summed E-state index contributed by atoms with van der Waals surface area (Å²) in [7, 11) is 1.79. The number of rotatable bonds is 6. The Morgan fingerprint density at radius 1 is 1.35 bits per heavy atom. The second kappa shape index (κ2) is 8.01. The first-order chi connectivity index (χ1) is 9.81. The van der Waals surface area contributed by atoms with Gasteiger partial charge >= 0.3 is 0 Å². The van der Waals surface area contributed by atoms with Crippen LogP contribution in [0.1, 0.15) is 23.2 Å². The molecule has 0 radical (unpaired) electrons. The molecule has 0 aliphatic heterocycles. The Labute approximate surface area is 128 Å². The van der Waals surface area contributed by atoms with Crippen LogP contribution in [0.2, 0.25) is 0 Å². The number of nitrogens with one attached hydrogen (secondary N) is 2. The molecule has 108 valence electrons. The third kappa shape index (κ3) is 4.61. The van der Waals surface area contributed by atoms with Crippen LogP contribution in [-0.4, -0.2) is 24.5 Å². The Hall–Kier alpha value is -1.40. The van der Waals surface area contributed by atoms with Gasteiger partial charge in [0.25, 0.3) is 0 Å². The van der Waals surface area contributed by atoms with Gasteiger partial charge in [0, 0.05) is 31.9 Å². The number of guanidine groups is 1. The second-order valence-electron chi connectivity index (χ2n) is 4.32. The first kappa shape index (κ1) is 15.0. The van der Waals surface area contributed by atoms with E-state index in [4.69, 9.17) is 0 Å². The lowest BCUT2D eigenvalue weighted by molar-refractivity contribution is 0.786. The Balaban J connectivity index is 1.71. The van der Waals surface area contributed by atoms with Crippen LogP contribution >= 0.6 is 22.7 Å². The van der Waals surface area contributed by atoms with Gasteiger partial charge < -0.3 is 10.6 Å². The molecular formula is C14H20N4S2. The summed E-state index contributed by atoms with van der Waals surface area (Å²) in [4.78, 5) is 8.78. The minimum Gasteiger partial charge on any atom is -0.356 e. The number of hydrogen-bond acceptors (Lipinski definition) is 4. The molecule has 0 fully saturated rings. The number of thiazole rings is 1. The van der Waals surface area contributed by atoms with Crippen LogP contribution in [0.3, 0.4) is 0 Å². The van der Waals surface area contributed by atoms with Crippen LogP contribution in [0.4, 0.5) is 0 Å². The van der Waals surface area contributed by atoms with Crippen molar-refractivity contribution in [3.63, 3.8) is 0 Å². The summed E-state index contributed by atoms with van der Waals surface area (Å²) in [5, 5.41) is 14.2. The van der Waals surface area contributed by atoms with Gasteiger partial charge in [0.1, 0.15) is 0 Å². The molecule has 0 spiro atoms. The van der Waals surface area contributed by atoms with Crippen molar-refractivity contribution in [1.82, 2.24) is 15.6 Å². The third-order valence-electron chi connectivity index (χ3n) is 2.84. The average Bonchev–Trinajstić information content (AvgIpc) is 3.13. The van der Waals surface area contributed by atoms with Crippen LogP contribution in [0.5, 0.6) is 0 Å². The zero-order chi connectivity index (χ0) is 14.2. The molecule has 2 N–H and O–H groups in total. The fourth-order valence-electron chi connectivity index (χ4n) is 1.73. The monoisotopic (exact) mass is 308 g/mol. The lowest BCUT2D eigenvalue weighted by atomic mass is 10.3. The maximum absolute atomic E-state index is 4.56. The highest BCUT2D eigenvalue weighted by molar-refractivity contribution is 7.09. The highest BCUT2D eigenvalue weighted by Crippen LogP contribution is 2.10. The molecule has 2 aromatic rings. The van der Waals surface area contributed by atoms with E-state index in [1.54, 1.807) is 29.7 Å². The number of nitrogens with zero attached hydrogens (tertiary/aromatic N) is 2. The van der Waals surface area contributed by atoms with E-state index < -0.39 is 0 Å². The maximum atomic E-state index is 4.56. The lowest BCUT2D eigenvalue weighted by Crippen LogP contribution is -2.37. The normalized spacial score (nSPS) is 11.6. The summed E-state index contributed by atoms with van der Waals surface area (Å²) in [6, 6.07) is 2.12. The summed E-state index contributed by atoms with van der Waals surface area (Å²) < 4.78 is 0. The molecule has 0 unspecified atom stereocenters. The fourth-order valence-corrected chi connectivity index (χ4v) is 3.18. The molecule has 2 rings (SSSR count). The molecule has 0 aromatic carbocycles. The smallest absolute Gasteiger partial charge is 0.191 e. The summed E-state index contributed by atoms with van der Waals surface area (Å²) >= 11 is 3.45. The Morgan fingerprint density at radius 2 is 2.25 bits per heavy atom. The Kier molecular flexibility index (Phi) is 6.01. The molecule has 0 saturated carbocycles. The van der Waals surface area contributed by atoms with E-state index in [9.17, 15) is 0 Å². The number of hydrogen-bond donors (Lipinski definition) is 2. The van der Waals surface area contributed by atoms with Crippen molar-refractivity contribution in [3.05, 3.63) is 38.5 Å². The van der Waals surface area contributed by atoms with Crippen LogP contribution in [0.15, 0.2) is 27.2 Å². The van der Waals surface area contributed by atoms with Crippen LogP contribution in [0.25, 0.3) is 0 Å². The van der Waals surface area contributed by atoms with Gasteiger partial charge in [-0.25, -0.2) is 4.98 Å². The van der Waals surface area contributed by atoms with Gasteiger partial charge in [-0.3, -0.25) is 4.99 Å². The van der Waals surface area contributed by atoms with Gasteiger partial charge in [-0.15, -0.1) is 11.3 Å². The van der Waals surface area contributed by atoms with Crippen molar-refractivity contribution < 1.29 is 0 Å². The summed E-state index contributed by atoms with van der Waals surface area (Å²) in [6.07, 6.45) is 1.94.